The van der Waals surface area contributed by atoms with E-state index in [-0.39, 0.29) is 0 Å². The number of hydrogen-bond donors (Lipinski definition) is 0. The fraction of sp³-hybridized carbons (Fsp3) is 0.0222. The summed E-state index contributed by atoms with van der Waals surface area (Å²) < 4.78 is 11.2. The molecular formula is C45H30N2O. The normalized spacial score (nSPS) is 11.9. The van der Waals surface area contributed by atoms with Crippen molar-refractivity contribution in [2.45, 2.75) is 6.92 Å². The number of rotatable bonds is 4. The van der Waals surface area contributed by atoms with Crippen LogP contribution in [0.25, 0.3) is 88.4 Å². The molecular weight excluding hydrogens is 585 g/mol. The summed E-state index contributed by atoms with van der Waals surface area (Å²) in [5, 5.41) is 5.97. The van der Waals surface area contributed by atoms with Crippen LogP contribution < -0.4 is 0 Å². The monoisotopic (exact) mass is 614 g/mol. The first-order valence-electron chi connectivity index (χ1n) is 16.4. The largest absolute Gasteiger partial charge is 0.456 e. The van der Waals surface area contributed by atoms with Crippen LogP contribution in [0.3, 0.4) is 0 Å². The van der Waals surface area contributed by atoms with E-state index in [1.165, 1.54) is 55.0 Å². The summed E-state index contributed by atoms with van der Waals surface area (Å²) in [6, 6.07) is 58.9. The summed E-state index contributed by atoms with van der Waals surface area (Å²) in [6.07, 6.45) is 0. The van der Waals surface area contributed by atoms with Crippen LogP contribution >= 0.6 is 0 Å². The molecule has 10 rings (SSSR count). The minimum atomic E-state index is 0.885. The fourth-order valence-electron chi connectivity index (χ4n) is 7.58. The average molecular weight is 615 g/mol. The number of aryl methyl sites for hydroxylation is 1. The van der Waals surface area contributed by atoms with Gasteiger partial charge in [-0.3, -0.25) is 9.13 Å². The second-order valence-corrected chi connectivity index (χ2v) is 12.7. The van der Waals surface area contributed by atoms with Crippen LogP contribution in [0.15, 0.2) is 168 Å². The van der Waals surface area contributed by atoms with Gasteiger partial charge in [-0.15, -0.1) is 0 Å². The molecule has 0 aliphatic rings. The minimum absolute atomic E-state index is 0.885. The van der Waals surface area contributed by atoms with Crippen molar-refractivity contribution in [3.05, 3.63) is 169 Å². The maximum Gasteiger partial charge on any atom is 0.135 e. The SMILES string of the molecule is Cc1cccc(-c2cccc(-c3ccc4oc5ccc(-n6c7ccccc7c7c8ccccc8n(-c8ccccc8)c76)cc5c4c3)c2)c1. The summed E-state index contributed by atoms with van der Waals surface area (Å²) >= 11 is 0. The zero-order chi connectivity index (χ0) is 31.8. The molecule has 226 valence electrons. The number of furan rings is 1. The quantitative estimate of drug-likeness (QED) is 0.193. The summed E-state index contributed by atoms with van der Waals surface area (Å²) in [5.41, 5.74) is 13.6. The Kier molecular flexibility index (Phi) is 5.79. The predicted molar refractivity (Wildman–Crippen MR) is 201 cm³/mol. The summed E-state index contributed by atoms with van der Waals surface area (Å²) in [4.78, 5) is 0. The first-order chi connectivity index (χ1) is 23.7. The van der Waals surface area contributed by atoms with Crippen molar-refractivity contribution in [3.63, 3.8) is 0 Å². The highest BCUT2D eigenvalue weighted by molar-refractivity contribution is 6.22. The average Bonchev–Trinajstić information content (AvgIpc) is 3.79. The van der Waals surface area contributed by atoms with Gasteiger partial charge in [-0.1, -0.05) is 109 Å². The maximum absolute atomic E-state index is 6.42. The Hall–Kier alpha value is -6.32. The Bertz CT molecular complexity index is 2850. The van der Waals surface area contributed by atoms with Gasteiger partial charge in [0.2, 0.25) is 0 Å². The molecule has 0 amide bonds. The Balaban J connectivity index is 1.21. The van der Waals surface area contributed by atoms with Gasteiger partial charge >= 0.3 is 0 Å². The van der Waals surface area contributed by atoms with E-state index >= 15 is 0 Å². The van der Waals surface area contributed by atoms with Crippen LogP contribution in [0.2, 0.25) is 0 Å². The van der Waals surface area contributed by atoms with Crippen molar-refractivity contribution in [2.75, 3.05) is 0 Å². The molecule has 0 saturated heterocycles. The topological polar surface area (TPSA) is 23.0 Å². The maximum atomic E-state index is 6.42. The van der Waals surface area contributed by atoms with Crippen molar-refractivity contribution in [3.8, 4) is 33.6 Å². The molecule has 3 nitrogen and oxygen atoms in total. The number of para-hydroxylation sites is 3. The molecule has 0 aliphatic heterocycles. The van der Waals surface area contributed by atoms with Crippen LogP contribution in [-0.2, 0) is 0 Å². The molecule has 0 atom stereocenters. The fourth-order valence-corrected chi connectivity index (χ4v) is 7.58. The number of hydrogen-bond acceptors (Lipinski definition) is 1. The molecule has 0 bridgehead atoms. The Morgan fingerprint density at radius 3 is 1.67 bits per heavy atom. The molecule has 10 aromatic rings. The third-order valence-corrected chi connectivity index (χ3v) is 9.75. The van der Waals surface area contributed by atoms with Crippen LogP contribution in [0.5, 0.6) is 0 Å². The van der Waals surface area contributed by atoms with E-state index in [2.05, 4.69) is 180 Å². The van der Waals surface area contributed by atoms with E-state index in [9.17, 15) is 0 Å². The molecule has 0 saturated carbocycles. The van der Waals surface area contributed by atoms with Gasteiger partial charge < -0.3 is 4.42 Å². The van der Waals surface area contributed by atoms with E-state index in [1.807, 2.05) is 0 Å². The Morgan fingerprint density at radius 1 is 0.396 bits per heavy atom. The first kappa shape index (κ1) is 26.9. The van der Waals surface area contributed by atoms with E-state index < -0.39 is 0 Å². The van der Waals surface area contributed by atoms with E-state index in [1.54, 1.807) is 0 Å². The van der Waals surface area contributed by atoms with Gasteiger partial charge in [-0.25, -0.2) is 0 Å². The van der Waals surface area contributed by atoms with Crippen molar-refractivity contribution in [1.29, 1.82) is 0 Å². The molecule has 3 heteroatoms. The third kappa shape index (κ3) is 4.01. The highest BCUT2D eigenvalue weighted by Gasteiger charge is 2.22. The number of benzene rings is 7. The molecule has 3 aromatic heterocycles. The Morgan fingerprint density at radius 2 is 0.958 bits per heavy atom. The predicted octanol–water partition coefficient (Wildman–Crippen LogP) is 12.3. The summed E-state index contributed by atoms with van der Waals surface area (Å²) in [6.45, 7) is 2.14. The van der Waals surface area contributed by atoms with Crippen molar-refractivity contribution in [2.24, 2.45) is 0 Å². The van der Waals surface area contributed by atoms with Crippen molar-refractivity contribution in [1.82, 2.24) is 9.13 Å². The first-order valence-corrected chi connectivity index (χ1v) is 16.4. The zero-order valence-electron chi connectivity index (χ0n) is 26.4. The van der Waals surface area contributed by atoms with Gasteiger partial charge in [0, 0.05) is 38.3 Å². The standard InChI is InChI=1S/C45H30N2O/c1-29-11-9-12-30(25-29)31-13-10-14-32(26-31)33-21-23-42-38(27-33)39-28-35(22-24-43(39)48-42)47-41-20-8-6-18-37(41)44-36-17-5-7-19-40(36)46(45(44)47)34-15-3-2-4-16-34/h2-28H,1H3. The van der Waals surface area contributed by atoms with Crippen LogP contribution in [0, 0.1) is 6.92 Å². The molecule has 0 unspecified atom stereocenters. The molecule has 0 aliphatic carbocycles. The molecule has 0 fully saturated rings. The molecule has 48 heavy (non-hydrogen) atoms. The third-order valence-electron chi connectivity index (χ3n) is 9.75. The number of nitrogens with zero attached hydrogens (tertiary/aromatic N) is 2. The van der Waals surface area contributed by atoms with Crippen LogP contribution in [0.4, 0.5) is 0 Å². The molecule has 3 heterocycles. The van der Waals surface area contributed by atoms with Crippen LogP contribution in [-0.4, -0.2) is 9.13 Å². The number of aromatic nitrogens is 2. The van der Waals surface area contributed by atoms with Gasteiger partial charge in [0.05, 0.1) is 11.0 Å². The molecule has 0 radical (unpaired) electrons. The molecule has 0 spiro atoms. The van der Waals surface area contributed by atoms with E-state index in [4.69, 9.17) is 4.42 Å². The molecule has 7 aromatic carbocycles. The lowest BCUT2D eigenvalue weighted by atomic mass is 9.97. The second kappa shape index (κ2) is 10.3. The van der Waals surface area contributed by atoms with E-state index in [0.29, 0.717) is 0 Å². The highest BCUT2D eigenvalue weighted by Crippen LogP contribution is 2.42. The van der Waals surface area contributed by atoms with Gasteiger partial charge in [-0.05, 0) is 89.8 Å². The van der Waals surface area contributed by atoms with Gasteiger partial charge in [0.15, 0.2) is 0 Å². The van der Waals surface area contributed by atoms with Gasteiger partial charge in [0.25, 0.3) is 0 Å². The lowest BCUT2D eigenvalue weighted by molar-refractivity contribution is 0.669. The summed E-state index contributed by atoms with van der Waals surface area (Å²) in [5.74, 6) is 0. The lowest BCUT2D eigenvalue weighted by Crippen LogP contribution is -2.01. The molecule has 0 N–H and O–H groups in total. The number of fused-ring (bicyclic) bond motifs is 8. The van der Waals surface area contributed by atoms with Gasteiger partial charge in [0.1, 0.15) is 16.8 Å². The smallest absolute Gasteiger partial charge is 0.135 e. The van der Waals surface area contributed by atoms with Crippen LogP contribution in [0.1, 0.15) is 5.56 Å². The van der Waals surface area contributed by atoms with Crippen molar-refractivity contribution < 1.29 is 4.42 Å². The highest BCUT2D eigenvalue weighted by atomic mass is 16.3. The minimum Gasteiger partial charge on any atom is -0.456 e. The summed E-state index contributed by atoms with van der Waals surface area (Å²) in [7, 11) is 0. The van der Waals surface area contributed by atoms with Gasteiger partial charge in [-0.2, -0.15) is 0 Å². The van der Waals surface area contributed by atoms with E-state index in [0.717, 1.165) is 39.0 Å². The Labute approximate surface area is 277 Å². The second-order valence-electron chi connectivity index (χ2n) is 12.7. The van der Waals surface area contributed by atoms with Crippen molar-refractivity contribution >= 4 is 54.8 Å². The zero-order valence-corrected chi connectivity index (χ0v) is 26.4. The lowest BCUT2D eigenvalue weighted by Gasteiger charge is -2.13.